The van der Waals surface area contributed by atoms with Gasteiger partial charge in [0.05, 0.1) is 6.54 Å². The van der Waals surface area contributed by atoms with Crippen LogP contribution in [0.3, 0.4) is 0 Å². The van der Waals surface area contributed by atoms with E-state index < -0.39 is 11.7 Å². The van der Waals surface area contributed by atoms with E-state index in [9.17, 15) is 18.0 Å². The zero-order valence-corrected chi connectivity index (χ0v) is 25.3. The SMILES string of the molecule is CN1CCN(C2CCN(C34CC(Nc5ncc(C(F)(F)F)c(NCCCN6C(=O)CN7CCC6CC7)n5)(C3)C4)CC2)CC1. The maximum atomic E-state index is 13.8. The smallest absolute Gasteiger partial charge is 0.369 e. The number of hydrogen-bond donors (Lipinski definition) is 2. The highest BCUT2D eigenvalue weighted by atomic mass is 19.4. The van der Waals surface area contributed by atoms with Crippen LogP contribution in [-0.4, -0.2) is 143 Å². The summed E-state index contributed by atoms with van der Waals surface area (Å²) in [5.41, 5.74) is -0.741. The molecule has 3 saturated carbocycles. The summed E-state index contributed by atoms with van der Waals surface area (Å²) in [4.78, 5) is 32.9. The fourth-order valence-corrected chi connectivity index (χ4v) is 8.75. The molecule has 9 rings (SSSR count). The number of piperidine rings is 2. The maximum Gasteiger partial charge on any atom is 0.421 e. The average Bonchev–Trinajstić information content (AvgIpc) is 3.19. The van der Waals surface area contributed by atoms with Gasteiger partial charge in [0.25, 0.3) is 0 Å². The van der Waals surface area contributed by atoms with Crippen LogP contribution in [0.1, 0.15) is 56.9 Å². The number of alkyl halides is 3. The van der Waals surface area contributed by atoms with E-state index in [1.165, 1.54) is 25.9 Å². The maximum absolute atomic E-state index is 13.8. The van der Waals surface area contributed by atoms with Crippen molar-refractivity contribution in [2.45, 2.75) is 80.7 Å². The topological polar surface area (TPSA) is 83.1 Å². The van der Waals surface area contributed by atoms with Gasteiger partial charge in [0.15, 0.2) is 0 Å². The van der Waals surface area contributed by atoms with Crippen molar-refractivity contribution in [1.29, 1.82) is 0 Å². The molecule has 238 valence electrons. The highest BCUT2D eigenvalue weighted by Crippen LogP contribution is 2.65. The Morgan fingerprint density at radius 2 is 1.63 bits per heavy atom. The van der Waals surface area contributed by atoms with Gasteiger partial charge in [0.2, 0.25) is 11.9 Å². The summed E-state index contributed by atoms with van der Waals surface area (Å²) < 4.78 is 41.4. The minimum absolute atomic E-state index is 0.117. The summed E-state index contributed by atoms with van der Waals surface area (Å²) in [6.45, 7) is 10.1. The van der Waals surface area contributed by atoms with Crippen LogP contribution in [0.5, 0.6) is 0 Å². The molecule has 0 radical (unpaired) electrons. The van der Waals surface area contributed by atoms with E-state index in [0.29, 0.717) is 32.1 Å². The molecule has 5 aliphatic heterocycles. The fourth-order valence-electron chi connectivity index (χ4n) is 8.75. The number of aromatic nitrogens is 2. The van der Waals surface area contributed by atoms with E-state index in [2.05, 4.69) is 47.2 Å². The van der Waals surface area contributed by atoms with Gasteiger partial charge in [-0.25, -0.2) is 4.98 Å². The molecule has 0 unspecified atom stereocenters. The zero-order valence-electron chi connectivity index (χ0n) is 25.3. The molecular weight excluding hydrogens is 559 g/mol. The van der Waals surface area contributed by atoms with Crippen molar-refractivity contribution < 1.29 is 18.0 Å². The summed E-state index contributed by atoms with van der Waals surface area (Å²) in [7, 11) is 2.20. The number of carbonyl (C=O) groups excluding carboxylic acids is 1. The Balaban J connectivity index is 0.913. The normalized spacial score (nSPS) is 34.0. The number of fused-ring (bicyclic) bond motifs is 4. The molecule has 0 atom stereocenters. The molecular formula is C30H46F3N9O. The number of likely N-dealkylation sites (N-methyl/N-ethyl adjacent to an activating group) is 1. The third kappa shape index (κ3) is 5.82. The van der Waals surface area contributed by atoms with Crippen LogP contribution in [-0.2, 0) is 11.0 Å². The minimum Gasteiger partial charge on any atom is -0.369 e. The lowest BCUT2D eigenvalue weighted by molar-refractivity contribution is -0.161. The molecule has 5 saturated heterocycles. The summed E-state index contributed by atoms with van der Waals surface area (Å²) in [5, 5.41) is 6.34. The van der Waals surface area contributed by atoms with Crippen molar-refractivity contribution in [2.24, 2.45) is 0 Å². The Kier molecular flexibility index (Phi) is 7.75. The lowest BCUT2D eigenvalue weighted by atomic mass is 9.43. The lowest BCUT2D eigenvalue weighted by Crippen LogP contribution is -2.82. The van der Waals surface area contributed by atoms with Crippen LogP contribution < -0.4 is 10.6 Å². The van der Waals surface area contributed by atoms with Gasteiger partial charge in [-0.15, -0.1) is 0 Å². The first-order chi connectivity index (χ1) is 20.6. The molecule has 1 amide bonds. The van der Waals surface area contributed by atoms with Crippen molar-refractivity contribution in [3.8, 4) is 0 Å². The van der Waals surface area contributed by atoms with Gasteiger partial charge < -0.3 is 20.4 Å². The van der Waals surface area contributed by atoms with E-state index in [1.807, 2.05) is 4.90 Å². The molecule has 4 bridgehead atoms. The van der Waals surface area contributed by atoms with Crippen molar-refractivity contribution in [3.63, 3.8) is 0 Å². The number of rotatable bonds is 9. The lowest BCUT2D eigenvalue weighted by Gasteiger charge is -2.74. The predicted molar refractivity (Wildman–Crippen MR) is 158 cm³/mol. The van der Waals surface area contributed by atoms with Crippen LogP contribution >= 0.6 is 0 Å². The molecule has 0 aromatic carbocycles. The first-order valence-corrected chi connectivity index (χ1v) is 16.3. The van der Waals surface area contributed by atoms with Gasteiger partial charge in [-0.1, -0.05) is 0 Å². The molecule has 8 fully saturated rings. The standard InChI is InChI=1S/C30H46F3N9O/c1-38-13-15-40(16-14-38)22-5-11-41(12-6-22)29-19-28(20-29,21-29)37-27-35-17-24(30(31,32)33)26(36-27)34-7-2-8-42-23-3-9-39(10-4-23)18-25(42)43/h17,22-23H,2-16,18-21H2,1H3,(H2,34,35,36,37). The number of anilines is 2. The Bertz CT molecular complexity index is 1150. The summed E-state index contributed by atoms with van der Waals surface area (Å²) in [6, 6.07) is 0.931. The Labute approximate surface area is 252 Å². The Morgan fingerprint density at radius 1 is 0.953 bits per heavy atom. The van der Waals surface area contributed by atoms with Crippen molar-refractivity contribution in [2.75, 3.05) is 89.7 Å². The summed E-state index contributed by atoms with van der Waals surface area (Å²) in [6.07, 6.45) is 4.26. The quantitative estimate of drug-likeness (QED) is 0.413. The van der Waals surface area contributed by atoms with Crippen molar-refractivity contribution >= 4 is 17.7 Å². The first-order valence-electron chi connectivity index (χ1n) is 16.3. The number of hydrogen-bond acceptors (Lipinski definition) is 9. The Hall–Kier alpha value is -2.22. The largest absolute Gasteiger partial charge is 0.421 e. The van der Waals surface area contributed by atoms with Crippen LogP contribution in [0.4, 0.5) is 24.9 Å². The molecule has 6 heterocycles. The van der Waals surface area contributed by atoms with Crippen LogP contribution in [0.2, 0.25) is 0 Å². The molecule has 10 nitrogen and oxygen atoms in total. The average molecular weight is 606 g/mol. The predicted octanol–water partition coefficient (Wildman–Crippen LogP) is 2.40. The first kappa shape index (κ1) is 29.5. The molecule has 8 aliphatic rings. The van der Waals surface area contributed by atoms with Gasteiger partial charge in [-0.2, -0.15) is 18.2 Å². The molecule has 43 heavy (non-hydrogen) atoms. The summed E-state index contributed by atoms with van der Waals surface area (Å²) in [5.74, 6) is 0.193. The van der Waals surface area contributed by atoms with Crippen molar-refractivity contribution in [1.82, 2.24) is 34.5 Å². The van der Waals surface area contributed by atoms with Crippen LogP contribution in [0.25, 0.3) is 0 Å². The van der Waals surface area contributed by atoms with Crippen LogP contribution in [0.15, 0.2) is 6.20 Å². The highest BCUT2D eigenvalue weighted by molar-refractivity contribution is 5.79. The van der Waals surface area contributed by atoms with Gasteiger partial charge in [-0.3, -0.25) is 19.5 Å². The van der Waals surface area contributed by atoms with Crippen molar-refractivity contribution in [3.05, 3.63) is 11.8 Å². The van der Waals surface area contributed by atoms with E-state index in [4.69, 9.17) is 0 Å². The molecule has 13 heteroatoms. The second-order valence-electron chi connectivity index (χ2n) is 14.0. The number of carbonyl (C=O) groups is 1. The van der Waals surface area contributed by atoms with Gasteiger partial charge in [0, 0.05) is 94.8 Å². The molecule has 3 aliphatic carbocycles. The second kappa shape index (κ2) is 11.3. The molecule has 2 N–H and O–H groups in total. The number of likely N-dealkylation sites (tertiary alicyclic amines) is 1. The van der Waals surface area contributed by atoms with Gasteiger partial charge in [-0.05, 0) is 58.4 Å². The van der Waals surface area contributed by atoms with E-state index in [1.54, 1.807) is 0 Å². The van der Waals surface area contributed by atoms with Gasteiger partial charge >= 0.3 is 6.18 Å². The number of halogens is 3. The second-order valence-corrected chi connectivity index (χ2v) is 14.0. The number of amides is 1. The monoisotopic (exact) mass is 605 g/mol. The molecule has 0 spiro atoms. The number of nitrogens with zero attached hydrogens (tertiary/aromatic N) is 7. The van der Waals surface area contributed by atoms with E-state index >= 15 is 0 Å². The fraction of sp³-hybridized carbons (Fsp3) is 0.833. The van der Waals surface area contributed by atoms with Gasteiger partial charge in [0.1, 0.15) is 11.4 Å². The van der Waals surface area contributed by atoms with E-state index in [-0.39, 0.29) is 34.8 Å². The number of piperazine rings is 1. The zero-order chi connectivity index (χ0) is 29.8. The number of nitrogens with one attached hydrogen (secondary N) is 2. The Morgan fingerprint density at radius 3 is 2.30 bits per heavy atom. The molecule has 1 aromatic rings. The van der Waals surface area contributed by atoms with Crippen LogP contribution in [0, 0.1) is 0 Å². The highest BCUT2D eigenvalue weighted by Gasteiger charge is 2.70. The summed E-state index contributed by atoms with van der Waals surface area (Å²) >= 11 is 0. The van der Waals surface area contributed by atoms with E-state index in [0.717, 1.165) is 77.6 Å². The molecule has 1 aromatic heterocycles. The minimum atomic E-state index is -4.55. The third-order valence-electron chi connectivity index (χ3n) is 11.2. The third-order valence-corrected chi connectivity index (χ3v) is 11.2.